The molecule has 104 valence electrons. The van der Waals surface area contributed by atoms with Gasteiger partial charge in [0.05, 0.1) is 6.54 Å². The molecule has 0 bridgehead atoms. The number of nitrogens with one attached hydrogen (secondary N) is 2. The van der Waals surface area contributed by atoms with E-state index in [1.165, 1.54) is 10.5 Å². The van der Waals surface area contributed by atoms with Crippen LogP contribution in [0.3, 0.4) is 0 Å². The molecule has 0 aliphatic heterocycles. The highest BCUT2D eigenvalue weighted by atomic mass is 32.1. The zero-order valence-corrected chi connectivity index (χ0v) is 12.7. The Morgan fingerprint density at radius 3 is 2.32 bits per heavy atom. The van der Waals surface area contributed by atoms with Crippen molar-refractivity contribution in [1.29, 1.82) is 0 Å². The van der Waals surface area contributed by atoms with Crippen molar-refractivity contribution in [3.05, 3.63) is 29.8 Å². The summed E-state index contributed by atoms with van der Waals surface area (Å²) < 4.78 is 0. The Morgan fingerprint density at radius 2 is 1.84 bits per heavy atom. The number of likely N-dealkylation sites (N-methyl/N-ethyl adjacent to an activating group) is 1. The van der Waals surface area contributed by atoms with Crippen molar-refractivity contribution in [2.45, 2.75) is 19.8 Å². The number of hydrogen-bond donors (Lipinski definition) is 2. The highest BCUT2D eigenvalue weighted by Gasteiger charge is 2.05. The van der Waals surface area contributed by atoms with Crippen LogP contribution in [-0.4, -0.2) is 36.6 Å². The molecule has 0 saturated carbocycles. The lowest BCUT2D eigenvalue weighted by Crippen LogP contribution is -2.38. The van der Waals surface area contributed by atoms with E-state index in [1.807, 2.05) is 12.1 Å². The summed E-state index contributed by atoms with van der Waals surface area (Å²) in [6, 6.07) is 8.11. The summed E-state index contributed by atoms with van der Waals surface area (Å²) >= 11 is 5.13. The number of carbonyl (C=O) groups is 1. The Hall–Kier alpha value is -1.62. The first kappa shape index (κ1) is 15.4. The minimum atomic E-state index is -0.0145. The van der Waals surface area contributed by atoms with E-state index in [9.17, 15) is 4.79 Å². The predicted octanol–water partition coefficient (Wildman–Crippen LogP) is 2.18. The van der Waals surface area contributed by atoms with Crippen molar-refractivity contribution in [3.63, 3.8) is 0 Å². The third-order valence-electron chi connectivity index (χ3n) is 2.73. The fourth-order valence-corrected chi connectivity index (χ4v) is 1.63. The quantitative estimate of drug-likeness (QED) is 0.829. The fraction of sp³-hybridized carbons (Fsp3) is 0.429. The lowest BCUT2D eigenvalue weighted by atomic mass is 10.0. The molecule has 2 N–H and O–H groups in total. The van der Waals surface area contributed by atoms with Crippen LogP contribution in [-0.2, 0) is 4.79 Å². The van der Waals surface area contributed by atoms with E-state index in [1.54, 1.807) is 14.1 Å². The first-order valence-corrected chi connectivity index (χ1v) is 6.66. The van der Waals surface area contributed by atoms with Crippen molar-refractivity contribution in [2.24, 2.45) is 0 Å². The lowest BCUT2D eigenvalue weighted by Gasteiger charge is -2.14. The molecule has 0 aromatic heterocycles. The Balaban J connectivity index is 2.46. The normalized spacial score (nSPS) is 10.2. The molecule has 1 aromatic rings. The van der Waals surface area contributed by atoms with E-state index in [4.69, 9.17) is 12.2 Å². The van der Waals surface area contributed by atoms with Crippen molar-refractivity contribution in [1.82, 2.24) is 10.2 Å². The SMILES string of the molecule is CC(C)c1ccc(NC(=S)NCC(=O)N(C)C)cc1. The monoisotopic (exact) mass is 279 g/mol. The molecule has 1 rings (SSSR count). The van der Waals surface area contributed by atoms with Gasteiger partial charge in [-0.3, -0.25) is 4.79 Å². The molecule has 5 heteroatoms. The van der Waals surface area contributed by atoms with Crippen molar-refractivity contribution in [2.75, 3.05) is 26.0 Å². The zero-order valence-electron chi connectivity index (χ0n) is 11.9. The average molecular weight is 279 g/mol. The number of rotatable bonds is 4. The van der Waals surface area contributed by atoms with E-state index in [-0.39, 0.29) is 12.5 Å². The molecule has 1 amide bonds. The molecule has 4 nitrogen and oxygen atoms in total. The van der Waals surface area contributed by atoms with Gasteiger partial charge in [0, 0.05) is 19.8 Å². The highest BCUT2D eigenvalue weighted by Crippen LogP contribution is 2.16. The van der Waals surface area contributed by atoms with Crippen LogP contribution >= 0.6 is 12.2 Å². The van der Waals surface area contributed by atoms with Gasteiger partial charge in [0.1, 0.15) is 0 Å². The second kappa shape index (κ2) is 7.09. The van der Waals surface area contributed by atoms with Crippen LogP contribution < -0.4 is 10.6 Å². The van der Waals surface area contributed by atoms with Crippen LogP contribution in [0.15, 0.2) is 24.3 Å². The van der Waals surface area contributed by atoms with Gasteiger partial charge >= 0.3 is 0 Å². The molecule has 0 fully saturated rings. The summed E-state index contributed by atoms with van der Waals surface area (Å²) in [5, 5.41) is 6.38. The summed E-state index contributed by atoms with van der Waals surface area (Å²) in [7, 11) is 3.43. The molecule has 0 aliphatic carbocycles. The Morgan fingerprint density at radius 1 is 1.26 bits per heavy atom. The predicted molar refractivity (Wildman–Crippen MR) is 83.4 cm³/mol. The molecule has 0 radical (unpaired) electrons. The van der Waals surface area contributed by atoms with Gasteiger partial charge in [-0.15, -0.1) is 0 Å². The lowest BCUT2D eigenvalue weighted by molar-refractivity contribution is -0.127. The molecule has 0 atom stereocenters. The fourth-order valence-electron chi connectivity index (χ4n) is 1.44. The maximum Gasteiger partial charge on any atom is 0.241 e. The van der Waals surface area contributed by atoms with Gasteiger partial charge in [0.2, 0.25) is 5.91 Å². The molecule has 0 saturated heterocycles. The smallest absolute Gasteiger partial charge is 0.241 e. The maximum absolute atomic E-state index is 11.4. The Kier molecular flexibility index (Phi) is 5.76. The molecule has 1 aromatic carbocycles. The van der Waals surface area contributed by atoms with E-state index < -0.39 is 0 Å². The second-order valence-electron chi connectivity index (χ2n) is 4.87. The standard InChI is InChI=1S/C14H21N3OS/c1-10(2)11-5-7-12(8-6-11)16-14(19)15-9-13(18)17(3)4/h5-8,10H,9H2,1-4H3,(H2,15,16,19). The molecule has 0 spiro atoms. The third-order valence-corrected chi connectivity index (χ3v) is 2.98. The van der Waals surface area contributed by atoms with E-state index in [0.29, 0.717) is 11.0 Å². The average Bonchev–Trinajstić information content (AvgIpc) is 2.36. The van der Waals surface area contributed by atoms with Crippen LogP contribution in [0.1, 0.15) is 25.3 Å². The number of amides is 1. The minimum absolute atomic E-state index is 0.0145. The first-order chi connectivity index (χ1) is 8.90. The third kappa shape index (κ3) is 5.26. The molecule has 0 unspecified atom stereocenters. The maximum atomic E-state index is 11.4. The summed E-state index contributed by atoms with van der Waals surface area (Å²) in [6.45, 7) is 4.51. The molecule has 19 heavy (non-hydrogen) atoms. The van der Waals surface area contributed by atoms with Gasteiger partial charge < -0.3 is 15.5 Å². The summed E-state index contributed by atoms with van der Waals surface area (Å²) in [4.78, 5) is 12.9. The molecular weight excluding hydrogens is 258 g/mol. The number of thiocarbonyl (C=S) groups is 1. The van der Waals surface area contributed by atoms with Gasteiger partial charge in [0.15, 0.2) is 5.11 Å². The van der Waals surface area contributed by atoms with Crippen LogP contribution in [0.4, 0.5) is 5.69 Å². The number of anilines is 1. The van der Waals surface area contributed by atoms with Gasteiger partial charge in [-0.05, 0) is 35.8 Å². The number of carbonyl (C=O) groups excluding carboxylic acids is 1. The molecule has 0 heterocycles. The number of benzene rings is 1. The zero-order chi connectivity index (χ0) is 14.4. The van der Waals surface area contributed by atoms with Crippen molar-refractivity contribution in [3.8, 4) is 0 Å². The van der Waals surface area contributed by atoms with Gasteiger partial charge in [0.25, 0.3) is 0 Å². The van der Waals surface area contributed by atoms with E-state index in [0.717, 1.165) is 5.69 Å². The Labute approximate surface area is 120 Å². The Bertz CT molecular complexity index is 441. The van der Waals surface area contributed by atoms with E-state index >= 15 is 0 Å². The van der Waals surface area contributed by atoms with Gasteiger partial charge in [-0.1, -0.05) is 26.0 Å². The van der Waals surface area contributed by atoms with Gasteiger partial charge in [-0.25, -0.2) is 0 Å². The number of nitrogens with zero attached hydrogens (tertiary/aromatic N) is 1. The van der Waals surface area contributed by atoms with Crippen LogP contribution in [0.25, 0.3) is 0 Å². The first-order valence-electron chi connectivity index (χ1n) is 6.25. The van der Waals surface area contributed by atoms with Crippen LogP contribution in [0.2, 0.25) is 0 Å². The molecule has 0 aliphatic rings. The second-order valence-corrected chi connectivity index (χ2v) is 5.28. The number of hydrogen-bond acceptors (Lipinski definition) is 2. The summed E-state index contributed by atoms with van der Waals surface area (Å²) in [6.07, 6.45) is 0. The van der Waals surface area contributed by atoms with Crippen LogP contribution in [0.5, 0.6) is 0 Å². The summed E-state index contributed by atoms with van der Waals surface area (Å²) in [5.41, 5.74) is 2.20. The topological polar surface area (TPSA) is 44.4 Å². The van der Waals surface area contributed by atoms with Crippen LogP contribution in [0, 0.1) is 0 Å². The molecular formula is C14H21N3OS. The van der Waals surface area contributed by atoms with Crippen molar-refractivity contribution >= 4 is 28.9 Å². The largest absolute Gasteiger partial charge is 0.353 e. The summed E-state index contributed by atoms with van der Waals surface area (Å²) in [5.74, 6) is 0.496. The minimum Gasteiger partial charge on any atom is -0.353 e. The van der Waals surface area contributed by atoms with E-state index in [2.05, 4.69) is 36.6 Å². The highest BCUT2D eigenvalue weighted by molar-refractivity contribution is 7.80. The van der Waals surface area contributed by atoms with Crippen molar-refractivity contribution < 1.29 is 4.79 Å². The van der Waals surface area contributed by atoms with Gasteiger partial charge in [-0.2, -0.15) is 0 Å².